The smallest absolute Gasteiger partial charge is 0.342 e. The molecule has 0 heterocycles. The normalized spacial score (nSPS) is 9.94. The van der Waals surface area contributed by atoms with Crippen LogP contribution in [0.4, 0.5) is 0 Å². The van der Waals surface area contributed by atoms with E-state index in [4.69, 9.17) is 18.9 Å². The summed E-state index contributed by atoms with van der Waals surface area (Å²) in [5.41, 5.74) is 0.370. The van der Waals surface area contributed by atoms with Gasteiger partial charge in [0.05, 0.1) is 20.8 Å². The van der Waals surface area contributed by atoms with Crippen molar-refractivity contribution in [1.29, 1.82) is 0 Å². The first-order valence-corrected chi connectivity index (χ1v) is 5.69. The second kappa shape index (κ2) is 7.55. The molecule has 0 aliphatic heterocycles. The van der Waals surface area contributed by atoms with Gasteiger partial charge in [-0.25, -0.2) is 4.79 Å². The van der Waals surface area contributed by atoms with Crippen molar-refractivity contribution >= 4 is 5.97 Å². The molecular formula is C13H18O5. The standard InChI is InChI=1S/C13H18O5/c1-4-17-7-8-18-13(14)11-6-5-10(15-2)9-12(11)16-3/h5-6,9H,4,7-8H2,1-3H3. The summed E-state index contributed by atoms with van der Waals surface area (Å²) >= 11 is 0. The summed E-state index contributed by atoms with van der Waals surface area (Å²) in [6, 6.07) is 4.93. The van der Waals surface area contributed by atoms with Crippen LogP contribution in [0.15, 0.2) is 18.2 Å². The highest BCUT2D eigenvalue weighted by atomic mass is 16.6. The quantitative estimate of drug-likeness (QED) is 0.549. The van der Waals surface area contributed by atoms with Crippen LogP contribution in [0.2, 0.25) is 0 Å². The first kappa shape index (κ1) is 14.3. The molecule has 1 rings (SSSR count). The zero-order valence-electron chi connectivity index (χ0n) is 10.9. The summed E-state index contributed by atoms with van der Waals surface area (Å²) in [4.78, 5) is 11.8. The Morgan fingerprint density at radius 3 is 2.56 bits per heavy atom. The van der Waals surface area contributed by atoms with Gasteiger partial charge < -0.3 is 18.9 Å². The maximum atomic E-state index is 11.8. The van der Waals surface area contributed by atoms with Crippen molar-refractivity contribution in [2.24, 2.45) is 0 Å². The van der Waals surface area contributed by atoms with Gasteiger partial charge in [-0.3, -0.25) is 0 Å². The van der Waals surface area contributed by atoms with E-state index in [9.17, 15) is 4.79 Å². The van der Waals surface area contributed by atoms with Crippen molar-refractivity contribution in [1.82, 2.24) is 0 Å². The van der Waals surface area contributed by atoms with Crippen molar-refractivity contribution in [2.45, 2.75) is 6.92 Å². The Balaban J connectivity index is 2.66. The van der Waals surface area contributed by atoms with Gasteiger partial charge in [0, 0.05) is 12.7 Å². The molecule has 1 aromatic carbocycles. The summed E-state index contributed by atoms with van der Waals surface area (Å²) < 4.78 is 20.3. The Kier molecular flexibility index (Phi) is 6.00. The van der Waals surface area contributed by atoms with Crippen LogP contribution in [0.1, 0.15) is 17.3 Å². The van der Waals surface area contributed by atoms with Crippen LogP contribution in [-0.4, -0.2) is 40.0 Å². The van der Waals surface area contributed by atoms with Crippen LogP contribution >= 0.6 is 0 Å². The lowest BCUT2D eigenvalue weighted by Crippen LogP contribution is -2.11. The van der Waals surface area contributed by atoms with Crippen LogP contribution in [0.5, 0.6) is 11.5 Å². The van der Waals surface area contributed by atoms with Gasteiger partial charge >= 0.3 is 5.97 Å². The van der Waals surface area contributed by atoms with Crippen molar-refractivity contribution in [3.63, 3.8) is 0 Å². The molecule has 0 saturated carbocycles. The van der Waals surface area contributed by atoms with Gasteiger partial charge in [0.15, 0.2) is 0 Å². The molecule has 0 N–H and O–H groups in total. The van der Waals surface area contributed by atoms with E-state index in [1.54, 1.807) is 25.3 Å². The van der Waals surface area contributed by atoms with Gasteiger partial charge in [0.2, 0.25) is 0 Å². The number of carbonyl (C=O) groups is 1. The molecule has 18 heavy (non-hydrogen) atoms. The van der Waals surface area contributed by atoms with E-state index >= 15 is 0 Å². The van der Waals surface area contributed by atoms with Crippen molar-refractivity contribution in [2.75, 3.05) is 34.0 Å². The molecule has 5 nitrogen and oxygen atoms in total. The molecule has 0 spiro atoms. The fraction of sp³-hybridized carbons (Fsp3) is 0.462. The zero-order chi connectivity index (χ0) is 13.4. The average molecular weight is 254 g/mol. The zero-order valence-corrected chi connectivity index (χ0v) is 10.9. The molecule has 5 heteroatoms. The Bertz CT molecular complexity index is 389. The first-order valence-electron chi connectivity index (χ1n) is 5.69. The van der Waals surface area contributed by atoms with Gasteiger partial charge in [0.1, 0.15) is 23.7 Å². The molecule has 0 aromatic heterocycles. The summed E-state index contributed by atoms with van der Waals surface area (Å²) in [5.74, 6) is 0.614. The largest absolute Gasteiger partial charge is 0.497 e. The molecule has 0 fully saturated rings. The second-order valence-electron chi connectivity index (χ2n) is 3.40. The minimum atomic E-state index is -0.436. The van der Waals surface area contributed by atoms with Gasteiger partial charge in [-0.2, -0.15) is 0 Å². The predicted octanol–water partition coefficient (Wildman–Crippen LogP) is 1.90. The summed E-state index contributed by atoms with van der Waals surface area (Å²) in [7, 11) is 3.04. The number of ether oxygens (including phenoxy) is 4. The van der Waals surface area contributed by atoms with E-state index in [1.165, 1.54) is 7.11 Å². The SMILES string of the molecule is CCOCCOC(=O)c1ccc(OC)cc1OC. The van der Waals surface area contributed by atoms with Gasteiger partial charge in [-0.05, 0) is 19.1 Å². The van der Waals surface area contributed by atoms with Crippen molar-refractivity contribution in [3.8, 4) is 11.5 Å². The van der Waals surface area contributed by atoms with E-state index < -0.39 is 5.97 Å². The minimum absolute atomic E-state index is 0.224. The monoisotopic (exact) mass is 254 g/mol. The average Bonchev–Trinajstić information content (AvgIpc) is 2.42. The van der Waals surface area contributed by atoms with Crippen LogP contribution in [0.3, 0.4) is 0 Å². The summed E-state index contributed by atoms with van der Waals surface area (Å²) in [5, 5.41) is 0. The number of hydrogen-bond acceptors (Lipinski definition) is 5. The molecule has 100 valence electrons. The number of methoxy groups -OCH3 is 2. The number of esters is 1. The molecule has 0 bridgehead atoms. The second-order valence-corrected chi connectivity index (χ2v) is 3.40. The van der Waals surface area contributed by atoms with E-state index in [1.807, 2.05) is 6.92 Å². The molecule has 1 aromatic rings. The lowest BCUT2D eigenvalue weighted by molar-refractivity contribution is 0.0332. The van der Waals surface area contributed by atoms with Crippen molar-refractivity contribution < 1.29 is 23.7 Å². The van der Waals surface area contributed by atoms with Crippen LogP contribution in [-0.2, 0) is 9.47 Å². The lowest BCUT2D eigenvalue weighted by atomic mass is 10.2. The third-order valence-electron chi connectivity index (χ3n) is 2.29. The fourth-order valence-corrected chi connectivity index (χ4v) is 1.38. The lowest BCUT2D eigenvalue weighted by Gasteiger charge is -2.10. The maximum absolute atomic E-state index is 11.8. The van der Waals surface area contributed by atoms with E-state index in [0.29, 0.717) is 30.3 Å². The van der Waals surface area contributed by atoms with Crippen LogP contribution in [0.25, 0.3) is 0 Å². The molecule has 0 amide bonds. The van der Waals surface area contributed by atoms with E-state index in [2.05, 4.69) is 0 Å². The Labute approximate surface area is 107 Å². The summed E-state index contributed by atoms with van der Waals surface area (Å²) in [6.07, 6.45) is 0. The minimum Gasteiger partial charge on any atom is -0.497 e. The number of benzene rings is 1. The molecule has 0 saturated heterocycles. The van der Waals surface area contributed by atoms with Crippen molar-refractivity contribution in [3.05, 3.63) is 23.8 Å². The third-order valence-corrected chi connectivity index (χ3v) is 2.29. The molecule has 0 atom stereocenters. The molecule has 0 unspecified atom stereocenters. The molecular weight excluding hydrogens is 236 g/mol. The highest BCUT2D eigenvalue weighted by Crippen LogP contribution is 2.25. The topological polar surface area (TPSA) is 54.0 Å². The van der Waals surface area contributed by atoms with E-state index in [-0.39, 0.29) is 6.61 Å². The fourth-order valence-electron chi connectivity index (χ4n) is 1.38. The molecule has 0 aliphatic rings. The predicted molar refractivity (Wildman–Crippen MR) is 66.3 cm³/mol. The first-order chi connectivity index (χ1) is 8.72. The third kappa shape index (κ3) is 3.92. The van der Waals surface area contributed by atoms with Gasteiger partial charge in [-0.15, -0.1) is 0 Å². The van der Waals surface area contributed by atoms with Crippen LogP contribution < -0.4 is 9.47 Å². The highest BCUT2D eigenvalue weighted by Gasteiger charge is 2.14. The highest BCUT2D eigenvalue weighted by molar-refractivity contribution is 5.92. The Morgan fingerprint density at radius 2 is 1.94 bits per heavy atom. The molecule has 0 aliphatic carbocycles. The number of carbonyl (C=O) groups excluding carboxylic acids is 1. The number of rotatable bonds is 7. The maximum Gasteiger partial charge on any atom is 0.342 e. The van der Waals surface area contributed by atoms with E-state index in [0.717, 1.165) is 0 Å². The Morgan fingerprint density at radius 1 is 1.17 bits per heavy atom. The summed E-state index contributed by atoms with van der Waals surface area (Å²) in [6.45, 7) is 3.10. The molecule has 0 radical (unpaired) electrons. The van der Waals surface area contributed by atoms with Gasteiger partial charge in [0.25, 0.3) is 0 Å². The Hall–Kier alpha value is -1.75. The van der Waals surface area contributed by atoms with Gasteiger partial charge in [-0.1, -0.05) is 0 Å². The van der Waals surface area contributed by atoms with Crippen LogP contribution in [0, 0.1) is 0 Å². The number of hydrogen-bond donors (Lipinski definition) is 0.